The molecule has 1 aromatic rings. The van der Waals surface area contributed by atoms with Crippen LogP contribution in [0.3, 0.4) is 0 Å². The second-order valence-electron chi connectivity index (χ2n) is 5.05. The van der Waals surface area contributed by atoms with Crippen LogP contribution in [0.15, 0.2) is 4.52 Å². The molecule has 0 bridgehead atoms. The normalized spacial score (nSPS) is 22.2. The summed E-state index contributed by atoms with van der Waals surface area (Å²) in [6, 6.07) is 0. The summed E-state index contributed by atoms with van der Waals surface area (Å²) < 4.78 is 5.38. The van der Waals surface area contributed by atoms with E-state index in [0.29, 0.717) is 17.7 Å². The van der Waals surface area contributed by atoms with E-state index in [4.69, 9.17) is 10.3 Å². The number of aromatic nitrogens is 2. The number of hydrogen-bond acceptors (Lipinski definition) is 5. The van der Waals surface area contributed by atoms with E-state index in [9.17, 15) is 0 Å². The summed E-state index contributed by atoms with van der Waals surface area (Å²) in [7, 11) is 0. The molecule has 1 aliphatic heterocycles. The third-order valence-electron chi connectivity index (χ3n) is 3.06. The molecular weight excluding hydrogens is 234 g/mol. The van der Waals surface area contributed by atoms with E-state index in [0.717, 1.165) is 18.1 Å². The van der Waals surface area contributed by atoms with Gasteiger partial charge in [0.2, 0.25) is 5.89 Å². The van der Waals surface area contributed by atoms with Crippen LogP contribution < -0.4 is 5.73 Å². The fourth-order valence-corrected chi connectivity index (χ4v) is 3.39. The van der Waals surface area contributed by atoms with Crippen LogP contribution >= 0.6 is 11.8 Å². The average Bonchev–Trinajstić information content (AvgIpc) is 2.95. The Balaban J connectivity index is 2.04. The molecule has 96 valence electrons. The zero-order valence-electron chi connectivity index (χ0n) is 10.6. The van der Waals surface area contributed by atoms with Crippen molar-refractivity contribution in [1.29, 1.82) is 0 Å². The van der Waals surface area contributed by atoms with Crippen molar-refractivity contribution in [1.82, 2.24) is 10.1 Å². The Morgan fingerprint density at radius 2 is 2.35 bits per heavy atom. The molecule has 1 aliphatic rings. The molecule has 4 nitrogen and oxygen atoms in total. The maximum absolute atomic E-state index is 5.78. The first kappa shape index (κ1) is 12.9. The zero-order valence-corrected chi connectivity index (χ0v) is 11.4. The Kier molecular flexibility index (Phi) is 4.45. The van der Waals surface area contributed by atoms with Gasteiger partial charge in [-0.3, -0.25) is 0 Å². The molecule has 0 aromatic carbocycles. The van der Waals surface area contributed by atoms with Gasteiger partial charge in [0.1, 0.15) is 0 Å². The first-order valence-corrected chi connectivity index (χ1v) is 7.40. The lowest BCUT2D eigenvalue weighted by Crippen LogP contribution is -2.15. The lowest BCUT2D eigenvalue weighted by Gasteiger charge is -2.12. The molecule has 0 radical (unpaired) electrons. The van der Waals surface area contributed by atoms with Gasteiger partial charge in [-0.25, -0.2) is 0 Å². The van der Waals surface area contributed by atoms with Gasteiger partial charge >= 0.3 is 0 Å². The fraction of sp³-hybridized carbons (Fsp3) is 0.833. The van der Waals surface area contributed by atoms with E-state index in [2.05, 4.69) is 24.0 Å². The van der Waals surface area contributed by atoms with Crippen LogP contribution in [0.5, 0.6) is 0 Å². The summed E-state index contributed by atoms with van der Waals surface area (Å²) in [6.45, 7) is 4.96. The van der Waals surface area contributed by atoms with E-state index in [1.165, 1.54) is 18.6 Å². The minimum Gasteiger partial charge on any atom is -0.339 e. The van der Waals surface area contributed by atoms with Crippen LogP contribution in [0.1, 0.15) is 56.0 Å². The Hall–Kier alpha value is -0.550. The molecule has 17 heavy (non-hydrogen) atoms. The number of thioether (sulfide) groups is 1. The highest BCUT2D eigenvalue weighted by atomic mass is 32.2. The first-order chi connectivity index (χ1) is 8.20. The molecule has 2 atom stereocenters. The van der Waals surface area contributed by atoms with Gasteiger partial charge in [-0.2, -0.15) is 16.7 Å². The van der Waals surface area contributed by atoms with Gasteiger partial charge < -0.3 is 10.3 Å². The highest BCUT2D eigenvalue weighted by molar-refractivity contribution is 7.99. The number of hydrogen-bond donors (Lipinski definition) is 1. The molecule has 0 amide bonds. The largest absolute Gasteiger partial charge is 0.339 e. The standard InChI is InChI=1S/C12H21N3OS/c1-8(2)6-9(7-13)12-14-11(15-16-12)10-4-3-5-17-10/h8-10H,3-7,13H2,1-2H3. The highest BCUT2D eigenvalue weighted by Crippen LogP contribution is 2.38. The topological polar surface area (TPSA) is 64.9 Å². The third-order valence-corrected chi connectivity index (χ3v) is 4.44. The average molecular weight is 255 g/mol. The summed E-state index contributed by atoms with van der Waals surface area (Å²) in [5, 5.41) is 4.55. The number of nitrogens with two attached hydrogens (primary N) is 1. The summed E-state index contributed by atoms with van der Waals surface area (Å²) in [6.07, 6.45) is 3.43. The van der Waals surface area contributed by atoms with Crippen LogP contribution in [0.4, 0.5) is 0 Å². The lowest BCUT2D eigenvalue weighted by molar-refractivity contribution is 0.331. The van der Waals surface area contributed by atoms with Gasteiger partial charge in [0.05, 0.1) is 11.2 Å². The summed E-state index contributed by atoms with van der Waals surface area (Å²) >= 11 is 1.93. The molecule has 1 saturated heterocycles. The highest BCUT2D eigenvalue weighted by Gasteiger charge is 2.25. The van der Waals surface area contributed by atoms with Gasteiger partial charge in [-0.05, 0) is 30.9 Å². The maximum Gasteiger partial charge on any atom is 0.231 e. The van der Waals surface area contributed by atoms with Crippen molar-refractivity contribution in [2.75, 3.05) is 12.3 Å². The predicted octanol–water partition coefficient (Wildman–Crippen LogP) is 2.73. The SMILES string of the molecule is CC(C)CC(CN)c1nc(C2CCCS2)no1. The van der Waals surface area contributed by atoms with Crippen molar-refractivity contribution < 1.29 is 4.52 Å². The Labute approximate surface area is 107 Å². The van der Waals surface area contributed by atoms with E-state index in [1.54, 1.807) is 0 Å². The van der Waals surface area contributed by atoms with Gasteiger partial charge in [0, 0.05) is 6.54 Å². The third kappa shape index (κ3) is 3.22. The maximum atomic E-state index is 5.78. The first-order valence-electron chi connectivity index (χ1n) is 6.36. The van der Waals surface area contributed by atoms with Crippen LogP contribution in [0.25, 0.3) is 0 Å². The summed E-state index contributed by atoms with van der Waals surface area (Å²) in [5.41, 5.74) is 5.78. The van der Waals surface area contributed by atoms with Crippen LogP contribution in [-0.2, 0) is 0 Å². The van der Waals surface area contributed by atoms with Crippen LogP contribution in [-0.4, -0.2) is 22.4 Å². The van der Waals surface area contributed by atoms with Crippen LogP contribution in [0.2, 0.25) is 0 Å². The summed E-state index contributed by atoms with van der Waals surface area (Å²) in [4.78, 5) is 4.54. The van der Waals surface area contributed by atoms with Crippen molar-refractivity contribution in [2.24, 2.45) is 11.7 Å². The molecule has 0 aliphatic carbocycles. The molecule has 1 fully saturated rings. The number of rotatable bonds is 5. The van der Waals surface area contributed by atoms with Gasteiger partial charge in [-0.1, -0.05) is 19.0 Å². The quantitative estimate of drug-likeness (QED) is 0.876. The van der Waals surface area contributed by atoms with E-state index in [-0.39, 0.29) is 5.92 Å². The molecule has 2 unspecified atom stereocenters. The lowest BCUT2D eigenvalue weighted by atomic mass is 9.97. The van der Waals surface area contributed by atoms with Crippen molar-refractivity contribution >= 4 is 11.8 Å². The molecule has 5 heteroatoms. The van der Waals surface area contributed by atoms with E-state index in [1.807, 2.05) is 11.8 Å². The fourth-order valence-electron chi connectivity index (χ4n) is 2.19. The molecule has 2 heterocycles. The molecule has 2 N–H and O–H groups in total. The zero-order chi connectivity index (χ0) is 12.3. The predicted molar refractivity (Wildman–Crippen MR) is 70.0 cm³/mol. The molecule has 2 rings (SSSR count). The molecule has 1 aromatic heterocycles. The van der Waals surface area contributed by atoms with Crippen molar-refractivity contribution in [3.63, 3.8) is 0 Å². The molecule has 0 saturated carbocycles. The van der Waals surface area contributed by atoms with Gasteiger partial charge in [-0.15, -0.1) is 0 Å². The Morgan fingerprint density at radius 1 is 1.53 bits per heavy atom. The second-order valence-corrected chi connectivity index (χ2v) is 6.37. The molecular formula is C12H21N3OS. The second kappa shape index (κ2) is 5.87. The monoisotopic (exact) mass is 255 g/mol. The minimum atomic E-state index is 0.211. The van der Waals surface area contributed by atoms with Crippen LogP contribution in [0, 0.1) is 5.92 Å². The Bertz CT molecular complexity index is 347. The van der Waals surface area contributed by atoms with Crippen molar-refractivity contribution in [3.05, 3.63) is 11.7 Å². The Morgan fingerprint density at radius 3 is 2.94 bits per heavy atom. The van der Waals surface area contributed by atoms with Crippen molar-refractivity contribution in [2.45, 2.75) is 44.3 Å². The van der Waals surface area contributed by atoms with Gasteiger partial charge in [0.15, 0.2) is 5.82 Å². The van der Waals surface area contributed by atoms with E-state index < -0.39 is 0 Å². The van der Waals surface area contributed by atoms with Crippen molar-refractivity contribution in [3.8, 4) is 0 Å². The van der Waals surface area contributed by atoms with E-state index >= 15 is 0 Å². The number of nitrogens with zero attached hydrogens (tertiary/aromatic N) is 2. The van der Waals surface area contributed by atoms with Gasteiger partial charge in [0.25, 0.3) is 0 Å². The molecule has 0 spiro atoms. The minimum absolute atomic E-state index is 0.211. The summed E-state index contributed by atoms with van der Waals surface area (Å²) in [5.74, 6) is 3.61. The smallest absolute Gasteiger partial charge is 0.231 e.